The predicted octanol–water partition coefficient (Wildman–Crippen LogP) is -0.122. The molecular weight excluding hydrogens is 412 g/mol. The maximum atomic E-state index is 12.4. The van der Waals surface area contributed by atoms with Crippen LogP contribution in [0.2, 0.25) is 0 Å². The summed E-state index contributed by atoms with van der Waals surface area (Å²) in [5, 5.41) is 67.8. The molecular formula is C21H22O10. The molecule has 31 heavy (non-hydrogen) atoms. The van der Waals surface area contributed by atoms with E-state index in [1.807, 2.05) is 0 Å². The number of aromatic hydroxyl groups is 3. The summed E-state index contributed by atoms with van der Waals surface area (Å²) in [5.74, 6) is -1.61. The third-order valence-electron chi connectivity index (χ3n) is 4.76. The Morgan fingerprint density at radius 1 is 0.935 bits per heavy atom. The van der Waals surface area contributed by atoms with Crippen molar-refractivity contribution in [2.75, 3.05) is 6.61 Å². The number of carbonyl (C=O) groups is 1. The number of carbonyl (C=O) groups excluding carboxylic acids is 1. The molecule has 1 heterocycles. The summed E-state index contributed by atoms with van der Waals surface area (Å²) in [6.45, 7) is -0.616. The minimum atomic E-state index is -1.62. The molecule has 1 fully saturated rings. The zero-order chi connectivity index (χ0) is 22.7. The summed E-state index contributed by atoms with van der Waals surface area (Å²) in [5.41, 5.74) is 0.395. The first kappa shape index (κ1) is 22.5. The van der Waals surface area contributed by atoms with Crippen molar-refractivity contribution in [2.45, 2.75) is 30.7 Å². The highest BCUT2D eigenvalue weighted by Gasteiger charge is 2.44. The van der Waals surface area contributed by atoms with Gasteiger partial charge in [-0.1, -0.05) is 12.1 Å². The van der Waals surface area contributed by atoms with E-state index in [2.05, 4.69) is 0 Å². The van der Waals surface area contributed by atoms with E-state index in [-0.39, 0.29) is 22.8 Å². The van der Waals surface area contributed by atoms with Gasteiger partial charge in [0, 0.05) is 6.07 Å². The Kier molecular flexibility index (Phi) is 6.78. The van der Waals surface area contributed by atoms with Crippen molar-refractivity contribution in [2.24, 2.45) is 0 Å². The van der Waals surface area contributed by atoms with Crippen molar-refractivity contribution in [1.29, 1.82) is 0 Å². The first-order chi connectivity index (χ1) is 14.7. The molecule has 5 atom stereocenters. The lowest BCUT2D eigenvalue weighted by atomic mass is 9.99. The maximum Gasteiger partial charge on any atom is 0.229 e. The Balaban J connectivity index is 1.71. The SMILES string of the molecule is O=C(/C=C/c1ccc(O)c(O)c1)c1ccc(O[C@@H]2O[C@@H](CO)[C@@H](O)[C@H](O)[C@@H]2O)cc1O. The lowest BCUT2D eigenvalue weighted by molar-refractivity contribution is -0.277. The average Bonchev–Trinajstić information content (AvgIpc) is 2.74. The fourth-order valence-corrected chi connectivity index (χ4v) is 3.00. The molecule has 0 bridgehead atoms. The van der Waals surface area contributed by atoms with Crippen LogP contribution in [0.4, 0.5) is 0 Å². The summed E-state index contributed by atoms with van der Waals surface area (Å²) >= 11 is 0. The third kappa shape index (κ3) is 4.95. The Morgan fingerprint density at radius 3 is 2.32 bits per heavy atom. The van der Waals surface area contributed by atoms with E-state index in [0.717, 1.165) is 6.07 Å². The van der Waals surface area contributed by atoms with Crippen LogP contribution in [0.5, 0.6) is 23.0 Å². The Bertz CT molecular complexity index is 971. The van der Waals surface area contributed by atoms with Crippen molar-refractivity contribution in [3.05, 3.63) is 53.6 Å². The van der Waals surface area contributed by atoms with E-state index in [0.29, 0.717) is 5.56 Å². The molecule has 7 N–H and O–H groups in total. The fraction of sp³-hybridized carbons (Fsp3) is 0.286. The zero-order valence-corrected chi connectivity index (χ0v) is 16.1. The molecule has 2 aromatic carbocycles. The van der Waals surface area contributed by atoms with Crippen LogP contribution in [0.3, 0.4) is 0 Å². The number of ether oxygens (including phenoxy) is 2. The number of aliphatic hydroxyl groups excluding tert-OH is 4. The van der Waals surface area contributed by atoms with Gasteiger partial charge in [0.05, 0.1) is 12.2 Å². The average molecular weight is 434 g/mol. The highest BCUT2D eigenvalue weighted by Crippen LogP contribution is 2.29. The van der Waals surface area contributed by atoms with Crippen LogP contribution in [-0.4, -0.2) is 78.8 Å². The molecule has 0 unspecified atom stereocenters. The van der Waals surface area contributed by atoms with Gasteiger partial charge >= 0.3 is 0 Å². The van der Waals surface area contributed by atoms with Crippen LogP contribution in [0.15, 0.2) is 42.5 Å². The summed E-state index contributed by atoms with van der Waals surface area (Å²) < 4.78 is 10.6. The van der Waals surface area contributed by atoms with Crippen LogP contribution in [0, 0.1) is 0 Å². The van der Waals surface area contributed by atoms with Crippen LogP contribution in [-0.2, 0) is 4.74 Å². The fourth-order valence-electron chi connectivity index (χ4n) is 3.00. The quantitative estimate of drug-likeness (QED) is 0.184. The molecule has 10 nitrogen and oxygen atoms in total. The minimum absolute atomic E-state index is 0.00539. The number of hydrogen-bond acceptors (Lipinski definition) is 10. The molecule has 3 rings (SSSR count). The van der Waals surface area contributed by atoms with Gasteiger partial charge in [0.2, 0.25) is 6.29 Å². The van der Waals surface area contributed by atoms with Gasteiger partial charge in [-0.05, 0) is 35.9 Å². The second-order valence-corrected chi connectivity index (χ2v) is 6.94. The van der Waals surface area contributed by atoms with E-state index < -0.39 is 48.8 Å². The predicted molar refractivity (Wildman–Crippen MR) is 106 cm³/mol. The number of aliphatic hydroxyl groups is 4. The van der Waals surface area contributed by atoms with Crippen molar-refractivity contribution < 1.29 is 50.0 Å². The molecule has 0 saturated carbocycles. The second kappa shape index (κ2) is 9.33. The molecule has 0 aliphatic carbocycles. The monoisotopic (exact) mass is 434 g/mol. The number of phenols is 3. The van der Waals surface area contributed by atoms with Crippen LogP contribution >= 0.6 is 0 Å². The minimum Gasteiger partial charge on any atom is -0.507 e. The number of benzene rings is 2. The summed E-state index contributed by atoms with van der Waals surface area (Å²) in [6, 6.07) is 7.72. The van der Waals surface area contributed by atoms with E-state index in [1.165, 1.54) is 42.5 Å². The molecule has 0 spiro atoms. The summed E-state index contributed by atoms with van der Waals surface area (Å²) in [7, 11) is 0. The van der Waals surface area contributed by atoms with E-state index in [9.17, 15) is 40.5 Å². The Morgan fingerprint density at radius 2 is 1.68 bits per heavy atom. The van der Waals surface area contributed by atoms with Gasteiger partial charge in [0.1, 0.15) is 35.9 Å². The van der Waals surface area contributed by atoms with Gasteiger partial charge in [-0.25, -0.2) is 0 Å². The standard InChI is InChI=1S/C21H22O10/c22-9-17-18(27)19(28)20(29)21(31-17)30-11-3-4-12(15(25)8-11)13(23)5-1-10-2-6-14(24)16(26)7-10/h1-8,17-22,24-29H,9H2/b5-1+/t17-,18+,19-,20-,21+/m0/s1. The Labute approximate surface area is 176 Å². The lowest BCUT2D eigenvalue weighted by Gasteiger charge is -2.39. The van der Waals surface area contributed by atoms with Crippen LogP contribution in [0.1, 0.15) is 15.9 Å². The molecule has 1 aliphatic rings. The van der Waals surface area contributed by atoms with Crippen LogP contribution < -0.4 is 4.74 Å². The first-order valence-electron chi connectivity index (χ1n) is 9.26. The molecule has 1 saturated heterocycles. The highest BCUT2D eigenvalue weighted by molar-refractivity contribution is 6.08. The second-order valence-electron chi connectivity index (χ2n) is 6.94. The first-order valence-corrected chi connectivity index (χ1v) is 9.26. The van der Waals surface area contributed by atoms with Gasteiger partial charge < -0.3 is 45.2 Å². The number of hydrogen-bond donors (Lipinski definition) is 7. The highest BCUT2D eigenvalue weighted by atomic mass is 16.7. The summed E-state index contributed by atoms with van der Waals surface area (Å²) in [6.07, 6.45) is -4.80. The van der Waals surface area contributed by atoms with Crippen molar-refractivity contribution in [3.8, 4) is 23.0 Å². The van der Waals surface area contributed by atoms with E-state index >= 15 is 0 Å². The number of rotatable bonds is 6. The zero-order valence-electron chi connectivity index (χ0n) is 16.1. The number of ketones is 1. The smallest absolute Gasteiger partial charge is 0.229 e. The van der Waals surface area contributed by atoms with Gasteiger partial charge in [-0.3, -0.25) is 4.79 Å². The van der Waals surface area contributed by atoms with Gasteiger partial charge in [-0.2, -0.15) is 0 Å². The molecule has 1 aliphatic heterocycles. The van der Waals surface area contributed by atoms with Crippen molar-refractivity contribution >= 4 is 11.9 Å². The van der Waals surface area contributed by atoms with Gasteiger partial charge in [0.25, 0.3) is 0 Å². The number of phenolic OH excluding ortho intramolecular Hbond substituents is 3. The molecule has 166 valence electrons. The maximum absolute atomic E-state index is 12.4. The van der Waals surface area contributed by atoms with E-state index in [4.69, 9.17) is 9.47 Å². The van der Waals surface area contributed by atoms with Gasteiger partial charge in [0.15, 0.2) is 17.3 Å². The Hall–Kier alpha value is -3.15. The molecule has 0 radical (unpaired) electrons. The summed E-state index contributed by atoms with van der Waals surface area (Å²) in [4.78, 5) is 12.4. The topological polar surface area (TPSA) is 177 Å². The molecule has 0 amide bonds. The molecule has 0 aromatic heterocycles. The van der Waals surface area contributed by atoms with E-state index in [1.54, 1.807) is 0 Å². The molecule has 2 aromatic rings. The largest absolute Gasteiger partial charge is 0.507 e. The third-order valence-corrected chi connectivity index (χ3v) is 4.76. The molecule has 10 heteroatoms. The van der Waals surface area contributed by atoms with Crippen molar-refractivity contribution in [1.82, 2.24) is 0 Å². The van der Waals surface area contributed by atoms with Crippen molar-refractivity contribution in [3.63, 3.8) is 0 Å². The van der Waals surface area contributed by atoms with Crippen LogP contribution in [0.25, 0.3) is 6.08 Å². The van der Waals surface area contributed by atoms with Gasteiger partial charge in [-0.15, -0.1) is 0 Å². The number of allylic oxidation sites excluding steroid dienone is 1. The normalized spacial score (nSPS) is 26.1. The lowest BCUT2D eigenvalue weighted by Crippen LogP contribution is -2.60.